The molecule has 0 saturated carbocycles. The van der Waals surface area contributed by atoms with Crippen LogP contribution in [0.25, 0.3) is 0 Å². The average Bonchev–Trinajstić information content (AvgIpc) is 2.74. The number of benzene rings is 2. The second-order valence-corrected chi connectivity index (χ2v) is 8.43. The summed E-state index contributed by atoms with van der Waals surface area (Å²) in [6.45, 7) is 13.5. The first-order valence-electron chi connectivity index (χ1n) is 11.5. The molecule has 0 aromatic heterocycles. The molecule has 182 valence electrons. The van der Waals surface area contributed by atoms with Crippen molar-refractivity contribution in [1.82, 2.24) is 0 Å². The van der Waals surface area contributed by atoms with Crippen LogP contribution in [0.15, 0.2) is 42.5 Å². The fourth-order valence-corrected chi connectivity index (χ4v) is 2.91. The predicted molar refractivity (Wildman–Crippen MR) is 131 cm³/mol. The number of hydrogen-bond acceptors (Lipinski definition) is 5. The predicted octanol–water partition coefficient (Wildman–Crippen LogP) is 6.20. The molecule has 0 radical (unpaired) electrons. The van der Waals surface area contributed by atoms with Crippen LogP contribution in [0.5, 0.6) is 17.2 Å². The molecule has 2 aromatic rings. The number of ketones is 1. The first-order chi connectivity index (χ1) is 15.5. The molecule has 33 heavy (non-hydrogen) atoms. The van der Waals surface area contributed by atoms with E-state index in [0.29, 0.717) is 17.9 Å². The van der Waals surface area contributed by atoms with Gasteiger partial charge in [0, 0.05) is 19.3 Å². The van der Waals surface area contributed by atoms with Crippen molar-refractivity contribution < 1.29 is 28.9 Å². The minimum absolute atomic E-state index is 0.0641. The third-order valence-corrected chi connectivity index (χ3v) is 4.56. The minimum Gasteiger partial charge on any atom is -0.493 e. The van der Waals surface area contributed by atoms with Gasteiger partial charge in [-0.3, -0.25) is 9.59 Å². The summed E-state index contributed by atoms with van der Waals surface area (Å²) in [7, 11) is 0. The van der Waals surface area contributed by atoms with Gasteiger partial charge < -0.3 is 19.3 Å². The molecule has 0 heterocycles. The molecule has 1 N–H and O–H groups in total. The zero-order valence-electron chi connectivity index (χ0n) is 20.9. The van der Waals surface area contributed by atoms with Gasteiger partial charge in [0.2, 0.25) is 0 Å². The average molecular weight is 459 g/mol. The minimum atomic E-state index is -0.833. The number of carbonyl (C=O) groups is 2. The summed E-state index contributed by atoms with van der Waals surface area (Å²) in [6, 6.07) is 13.5. The molecule has 0 amide bonds. The summed E-state index contributed by atoms with van der Waals surface area (Å²) in [5, 5.41) is 7.42. The summed E-state index contributed by atoms with van der Waals surface area (Å²) < 4.78 is 17.6. The molecule has 0 aliphatic rings. The normalized spacial score (nSPS) is 11.4. The summed E-state index contributed by atoms with van der Waals surface area (Å²) in [6.07, 6.45) is 1.70. The standard InChI is InChI=1S/C25H34O4.C2H4O2/c1-7-20-8-13-24(23(16-20)25(26)17(2)3)29-19(6)14-15-27-21-9-11-22(12-10-21)28-18(4)5;1-2(3)4/h8-13,16-19H,7,14-15H2,1-6H3;1H3,(H,3,4). The van der Waals surface area contributed by atoms with Gasteiger partial charge in [0.1, 0.15) is 17.2 Å². The molecular weight excluding hydrogens is 420 g/mol. The quantitative estimate of drug-likeness (QED) is 0.404. The van der Waals surface area contributed by atoms with E-state index in [0.717, 1.165) is 36.8 Å². The van der Waals surface area contributed by atoms with Crippen molar-refractivity contribution in [3.8, 4) is 17.2 Å². The van der Waals surface area contributed by atoms with Crippen molar-refractivity contribution in [3.05, 3.63) is 53.6 Å². The van der Waals surface area contributed by atoms with Crippen molar-refractivity contribution >= 4 is 11.8 Å². The SMILES string of the molecule is CC(=O)O.CCc1ccc(OC(C)CCOc2ccc(OC(C)C)cc2)c(C(=O)C(C)C)c1. The first kappa shape index (κ1) is 28.0. The number of carboxylic acids is 1. The van der Waals surface area contributed by atoms with Crippen molar-refractivity contribution in [3.63, 3.8) is 0 Å². The van der Waals surface area contributed by atoms with E-state index < -0.39 is 5.97 Å². The van der Waals surface area contributed by atoms with Crippen LogP contribution in [0.4, 0.5) is 0 Å². The zero-order valence-corrected chi connectivity index (χ0v) is 20.9. The van der Waals surface area contributed by atoms with E-state index in [9.17, 15) is 4.79 Å². The first-order valence-corrected chi connectivity index (χ1v) is 11.5. The number of Topliss-reactive ketones (excluding diaryl/α,β-unsaturated/α-hetero) is 1. The van der Waals surface area contributed by atoms with Crippen molar-refractivity contribution in [2.75, 3.05) is 6.61 Å². The van der Waals surface area contributed by atoms with E-state index in [-0.39, 0.29) is 23.9 Å². The maximum absolute atomic E-state index is 12.6. The van der Waals surface area contributed by atoms with E-state index in [1.54, 1.807) is 0 Å². The molecule has 6 heteroatoms. The molecule has 0 fully saturated rings. The number of aryl methyl sites for hydroxylation is 1. The number of rotatable bonds is 11. The second kappa shape index (κ2) is 14.2. The highest BCUT2D eigenvalue weighted by molar-refractivity contribution is 6.00. The highest BCUT2D eigenvalue weighted by Gasteiger charge is 2.18. The van der Waals surface area contributed by atoms with Gasteiger partial charge >= 0.3 is 0 Å². The van der Waals surface area contributed by atoms with E-state index in [1.165, 1.54) is 0 Å². The Kier molecular flexibility index (Phi) is 12.0. The lowest BCUT2D eigenvalue weighted by atomic mass is 9.97. The van der Waals surface area contributed by atoms with Gasteiger partial charge in [0.15, 0.2) is 5.78 Å². The molecule has 0 spiro atoms. The van der Waals surface area contributed by atoms with Crippen LogP contribution < -0.4 is 14.2 Å². The highest BCUT2D eigenvalue weighted by atomic mass is 16.5. The molecule has 1 unspecified atom stereocenters. The van der Waals surface area contributed by atoms with E-state index in [4.69, 9.17) is 24.1 Å². The van der Waals surface area contributed by atoms with Crippen LogP contribution in [0.1, 0.15) is 70.8 Å². The maximum atomic E-state index is 12.6. The topological polar surface area (TPSA) is 82.1 Å². The monoisotopic (exact) mass is 458 g/mol. The second-order valence-electron chi connectivity index (χ2n) is 8.43. The van der Waals surface area contributed by atoms with Crippen LogP contribution in [0, 0.1) is 5.92 Å². The summed E-state index contributed by atoms with van der Waals surface area (Å²) in [5.74, 6) is 1.51. The van der Waals surface area contributed by atoms with Crippen molar-refractivity contribution in [2.24, 2.45) is 5.92 Å². The fourth-order valence-electron chi connectivity index (χ4n) is 2.91. The Labute approximate surface area is 197 Å². The van der Waals surface area contributed by atoms with Crippen LogP contribution >= 0.6 is 0 Å². The van der Waals surface area contributed by atoms with Crippen molar-refractivity contribution in [2.45, 2.75) is 73.5 Å². The van der Waals surface area contributed by atoms with Gasteiger partial charge in [-0.15, -0.1) is 0 Å². The summed E-state index contributed by atoms with van der Waals surface area (Å²) in [4.78, 5) is 21.6. The van der Waals surface area contributed by atoms with Gasteiger partial charge in [-0.25, -0.2) is 0 Å². The van der Waals surface area contributed by atoms with E-state index in [2.05, 4.69) is 6.92 Å². The number of ether oxygens (including phenoxy) is 3. The Bertz CT molecular complexity index is 867. The molecule has 0 bridgehead atoms. The molecule has 6 nitrogen and oxygen atoms in total. The molecule has 2 rings (SSSR count). The molecule has 0 saturated heterocycles. The van der Waals surface area contributed by atoms with Gasteiger partial charge in [0.25, 0.3) is 5.97 Å². The van der Waals surface area contributed by atoms with E-state index in [1.807, 2.05) is 77.1 Å². The Morgan fingerprint density at radius 1 is 0.909 bits per heavy atom. The zero-order chi connectivity index (χ0) is 25.0. The molecule has 0 aliphatic carbocycles. The fraction of sp³-hybridized carbons (Fsp3) is 0.481. The Balaban J connectivity index is 0.00000125. The van der Waals surface area contributed by atoms with Crippen LogP contribution in [0.3, 0.4) is 0 Å². The highest BCUT2D eigenvalue weighted by Crippen LogP contribution is 2.25. The third kappa shape index (κ3) is 10.9. The number of hydrogen-bond donors (Lipinski definition) is 1. The van der Waals surface area contributed by atoms with Crippen LogP contribution in [-0.2, 0) is 11.2 Å². The van der Waals surface area contributed by atoms with Gasteiger partial charge in [-0.05, 0) is 69.2 Å². The summed E-state index contributed by atoms with van der Waals surface area (Å²) in [5.41, 5.74) is 1.81. The number of carbonyl (C=O) groups excluding carboxylic acids is 1. The number of carboxylic acid groups (broad SMARTS) is 1. The van der Waals surface area contributed by atoms with Gasteiger partial charge in [-0.2, -0.15) is 0 Å². The van der Waals surface area contributed by atoms with Gasteiger partial charge in [-0.1, -0.05) is 26.8 Å². The van der Waals surface area contributed by atoms with Crippen LogP contribution in [0.2, 0.25) is 0 Å². The molecule has 2 aromatic carbocycles. The Morgan fingerprint density at radius 3 is 2.00 bits per heavy atom. The van der Waals surface area contributed by atoms with Gasteiger partial charge in [0.05, 0.1) is 24.4 Å². The van der Waals surface area contributed by atoms with Crippen molar-refractivity contribution in [1.29, 1.82) is 0 Å². The lowest BCUT2D eigenvalue weighted by Gasteiger charge is -2.19. The number of aliphatic carboxylic acids is 1. The summed E-state index contributed by atoms with van der Waals surface area (Å²) >= 11 is 0. The lowest BCUT2D eigenvalue weighted by Crippen LogP contribution is -2.18. The smallest absolute Gasteiger partial charge is 0.300 e. The van der Waals surface area contributed by atoms with Crippen LogP contribution in [-0.4, -0.2) is 35.7 Å². The lowest BCUT2D eigenvalue weighted by molar-refractivity contribution is -0.134. The molecule has 0 aliphatic heterocycles. The Morgan fingerprint density at radius 2 is 1.48 bits per heavy atom. The largest absolute Gasteiger partial charge is 0.493 e. The molecular formula is C27H38O6. The third-order valence-electron chi connectivity index (χ3n) is 4.56. The maximum Gasteiger partial charge on any atom is 0.300 e. The Hall–Kier alpha value is -3.02. The van der Waals surface area contributed by atoms with E-state index >= 15 is 0 Å². The molecule has 1 atom stereocenters.